The molecule has 0 heterocycles. The molecule has 16 heavy (non-hydrogen) atoms. The van der Waals surface area contributed by atoms with Crippen LogP contribution in [0.4, 0.5) is 5.69 Å². The molecule has 0 aliphatic carbocycles. The van der Waals surface area contributed by atoms with E-state index in [0.717, 1.165) is 0 Å². The Morgan fingerprint density at radius 3 is 2.88 bits per heavy atom. The minimum Gasteiger partial charge on any atom is -0.484 e. The normalized spacial score (nSPS) is 12.2. The predicted molar refractivity (Wildman–Crippen MR) is 58.4 cm³/mol. The average Bonchev–Trinajstić information content (AvgIpc) is 2.25. The van der Waals surface area contributed by atoms with E-state index in [-0.39, 0.29) is 24.6 Å². The Balaban J connectivity index is 2.87. The molecule has 0 radical (unpaired) electrons. The van der Waals surface area contributed by atoms with Crippen molar-refractivity contribution in [2.45, 2.75) is 13.0 Å². The van der Waals surface area contributed by atoms with Crippen LogP contribution in [0.1, 0.15) is 5.56 Å². The Morgan fingerprint density at radius 1 is 1.62 bits per heavy atom. The molecule has 1 atom stereocenters. The summed E-state index contributed by atoms with van der Waals surface area (Å²) < 4.78 is 5.16. The van der Waals surface area contributed by atoms with Gasteiger partial charge in [0.2, 0.25) is 0 Å². The number of rotatable bonds is 5. The van der Waals surface area contributed by atoms with Gasteiger partial charge in [-0.3, -0.25) is 10.1 Å². The first-order valence-corrected chi connectivity index (χ1v) is 4.81. The zero-order chi connectivity index (χ0) is 12.1. The summed E-state index contributed by atoms with van der Waals surface area (Å²) in [5.41, 5.74) is 5.64. The van der Waals surface area contributed by atoms with E-state index in [1.807, 2.05) is 0 Å². The van der Waals surface area contributed by atoms with Crippen molar-refractivity contribution in [1.82, 2.24) is 0 Å². The fourth-order valence-corrected chi connectivity index (χ4v) is 1.24. The van der Waals surface area contributed by atoms with Crippen LogP contribution in [0.5, 0.6) is 5.75 Å². The summed E-state index contributed by atoms with van der Waals surface area (Å²) in [5, 5.41) is 20.0. The van der Waals surface area contributed by atoms with Crippen LogP contribution in [0.2, 0.25) is 0 Å². The van der Waals surface area contributed by atoms with Crippen LogP contribution in [0.3, 0.4) is 0 Å². The third kappa shape index (κ3) is 2.91. The minimum absolute atomic E-state index is 0.0548. The van der Waals surface area contributed by atoms with Gasteiger partial charge in [-0.05, 0) is 13.0 Å². The van der Waals surface area contributed by atoms with Crippen LogP contribution in [-0.2, 0) is 0 Å². The van der Waals surface area contributed by atoms with Gasteiger partial charge in [-0.15, -0.1) is 0 Å². The average molecular weight is 226 g/mol. The number of nitro groups is 1. The first kappa shape index (κ1) is 12.4. The summed E-state index contributed by atoms with van der Waals surface area (Å²) >= 11 is 0. The highest BCUT2D eigenvalue weighted by atomic mass is 16.6. The molecule has 1 unspecified atom stereocenters. The Hall–Kier alpha value is -1.66. The van der Waals surface area contributed by atoms with E-state index in [1.165, 1.54) is 6.07 Å². The number of para-hydroxylation sites is 1. The molecule has 1 aromatic carbocycles. The summed E-state index contributed by atoms with van der Waals surface area (Å²) in [6, 6.07) is 4.78. The highest BCUT2D eigenvalue weighted by molar-refractivity contribution is 5.52. The number of nitrogens with two attached hydrogens (primary N) is 1. The third-order valence-corrected chi connectivity index (χ3v) is 2.09. The van der Waals surface area contributed by atoms with E-state index >= 15 is 0 Å². The van der Waals surface area contributed by atoms with E-state index in [4.69, 9.17) is 10.5 Å². The highest BCUT2D eigenvalue weighted by Gasteiger charge is 2.18. The monoisotopic (exact) mass is 226 g/mol. The van der Waals surface area contributed by atoms with Crippen molar-refractivity contribution in [3.05, 3.63) is 33.9 Å². The molecule has 6 heteroatoms. The summed E-state index contributed by atoms with van der Waals surface area (Å²) in [6.45, 7) is 1.63. The number of aryl methyl sites for hydroxylation is 1. The lowest BCUT2D eigenvalue weighted by Crippen LogP contribution is -2.26. The molecule has 0 aliphatic rings. The van der Waals surface area contributed by atoms with E-state index in [1.54, 1.807) is 19.1 Å². The Morgan fingerprint density at radius 2 is 2.31 bits per heavy atom. The van der Waals surface area contributed by atoms with Gasteiger partial charge in [0.1, 0.15) is 12.7 Å². The molecule has 1 aromatic rings. The van der Waals surface area contributed by atoms with Crippen molar-refractivity contribution in [2.24, 2.45) is 5.73 Å². The van der Waals surface area contributed by atoms with Crippen LogP contribution in [0, 0.1) is 17.0 Å². The SMILES string of the molecule is Cc1cccc(OCC(O)CN)c1[N+](=O)[O-]. The van der Waals surface area contributed by atoms with Crippen LogP contribution in [-0.4, -0.2) is 29.3 Å². The van der Waals surface area contributed by atoms with Gasteiger partial charge in [-0.25, -0.2) is 0 Å². The van der Waals surface area contributed by atoms with Crippen molar-refractivity contribution < 1.29 is 14.8 Å². The summed E-state index contributed by atoms with van der Waals surface area (Å²) in [4.78, 5) is 10.3. The van der Waals surface area contributed by atoms with Crippen LogP contribution < -0.4 is 10.5 Å². The maximum atomic E-state index is 10.8. The summed E-state index contributed by atoms with van der Waals surface area (Å²) in [6.07, 6.45) is -0.819. The standard InChI is InChI=1S/C10H14N2O4/c1-7-3-2-4-9(10(7)12(14)15)16-6-8(13)5-11/h2-4,8,13H,5-6,11H2,1H3. The Kier molecular flexibility index (Phi) is 4.21. The quantitative estimate of drug-likeness (QED) is 0.566. The molecule has 0 saturated carbocycles. The van der Waals surface area contributed by atoms with Gasteiger partial charge < -0.3 is 15.6 Å². The number of benzene rings is 1. The fraction of sp³-hybridized carbons (Fsp3) is 0.400. The topological polar surface area (TPSA) is 98.6 Å². The predicted octanol–water partition coefficient (Wildman–Crippen LogP) is 0.602. The number of hydrogen-bond donors (Lipinski definition) is 2. The second-order valence-electron chi connectivity index (χ2n) is 3.38. The molecule has 3 N–H and O–H groups in total. The van der Waals surface area contributed by atoms with Crippen LogP contribution >= 0.6 is 0 Å². The van der Waals surface area contributed by atoms with E-state index in [9.17, 15) is 15.2 Å². The zero-order valence-corrected chi connectivity index (χ0v) is 8.92. The first-order valence-electron chi connectivity index (χ1n) is 4.81. The molecule has 0 bridgehead atoms. The smallest absolute Gasteiger partial charge is 0.313 e. The van der Waals surface area contributed by atoms with E-state index in [0.29, 0.717) is 5.56 Å². The van der Waals surface area contributed by atoms with Crippen molar-refractivity contribution in [3.63, 3.8) is 0 Å². The van der Waals surface area contributed by atoms with Gasteiger partial charge in [-0.2, -0.15) is 0 Å². The number of aliphatic hydroxyl groups is 1. The molecule has 6 nitrogen and oxygen atoms in total. The second kappa shape index (κ2) is 5.43. The van der Waals surface area contributed by atoms with Crippen molar-refractivity contribution in [3.8, 4) is 5.75 Å². The van der Waals surface area contributed by atoms with Crippen LogP contribution in [0.25, 0.3) is 0 Å². The highest BCUT2D eigenvalue weighted by Crippen LogP contribution is 2.30. The number of ether oxygens (including phenoxy) is 1. The van der Waals surface area contributed by atoms with Crippen molar-refractivity contribution in [1.29, 1.82) is 0 Å². The molecule has 0 fully saturated rings. The van der Waals surface area contributed by atoms with Crippen molar-refractivity contribution in [2.75, 3.05) is 13.2 Å². The molecule has 0 aromatic heterocycles. The van der Waals surface area contributed by atoms with Crippen LogP contribution in [0.15, 0.2) is 18.2 Å². The van der Waals surface area contributed by atoms with E-state index in [2.05, 4.69) is 0 Å². The summed E-state index contributed by atoms with van der Waals surface area (Å²) in [7, 11) is 0. The van der Waals surface area contributed by atoms with Gasteiger partial charge in [0, 0.05) is 12.1 Å². The lowest BCUT2D eigenvalue weighted by atomic mass is 10.2. The second-order valence-corrected chi connectivity index (χ2v) is 3.38. The minimum atomic E-state index is -0.819. The maximum Gasteiger partial charge on any atom is 0.313 e. The van der Waals surface area contributed by atoms with Crippen molar-refractivity contribution >= 4 is 5.69 Å². The number of hydrogen-bond acceptors (Lipinski definition) is 5. The van der Waals surface area contributed by atoms with E-state index < -0.39 is 11.0 Å². The van der Waals surface area contributed by atoms with Gasteiger partial charge in [0.25, 0.3) is 0 Å². The number of nitro benzene ring substituents is 1. The Bertz CT molecular complexity index is 381. The maximum absolute atomic E-state index is 10.8. The van der Waals surface area contributed by atoms with Gasteiger partial charge in [0.05, 0.1) is 4.92 Å². The molecule has 88 valence electrons. The largest absolute Gasteiger partial charge is 0.484 e. The molecule has 0 amide bonds. The zero-order valence-electron chi connectivity index (χ0n) is 8.92. The molecular formula is C10H14N2O4. The molecule has 0 aliphatic heterocycles. The molecule has 1 rings (SSSR count). The third-order valence-electron chi connectivity index (χ3n) is 2.09. The lowest BCUT2D eigenvalue weighted by Gasteiger charge is -2.10. The molecule has 0 saturated heterocycles. The lowest BCUT2D eigenvalue weighted by molar-refractivity contribution is -0.386. The van der Waals surface area contributed by atoms with Gasteiger partial charge in [-0.1, -0.05) is 12.1 Å². The fourth-order valence-electron chi connectivity index (χ4n) is 1.24. The first-order chi connectivity index (χ1) is 7.56. The van der Waals surface area contributed by atoms with Gasteiger partial charge >= 0.3 is 5.69 Å². The summed E-state index contributed by atoms with van der Waals surface area (Å²) in [5.74, 6) is 0.150. The number of nitrogens with zero attached hydrogens (tertiary/aromatic N) is 1. The number of aliphatic hydroxyl groups excluding tert-OH is 1. The molecule has 0 spiro atoms. The molecular weight excluding hydrogens is 212 g/mol. The Labute approximate surface area is 92.8 Å². The van der Waals surface area contributed by atoms with Gasteiger partial charge in [0.15, 0.2) is 5.75 Å².